The second kappa shape index (κ2) is 4.13. The van der Waals surface area contributed by atoms with Crippen LogP contribution in [0.25, 0.3) is 11.3 Å². The van der Waals surface area contributed by atoms with Gasteiger partial charge in [0.25, 0.3) is 0 Å². The van der Waals surface area contributed by atoms with Crippen LogP contribution < -0.4 is 0 Å². The Morgan fingerprint density at radius 2 is 2.00 bits per heavy atom. The molecule has 0 N–H and O–H groups in total. The summed E-state index contributed by atoms with van der Waals surface area (Å²) >= 11 is 7.19. The molecule has 0 atom stereocenters. The number of hydrogen-bond acceptors (Lipinski definition) is 3. The van der Waals surface area contributed by atoms with Crippen molar-refractivity contribution in [2.45, 2.75) is 6.92 Å². The molecule has 2 rings (SSSR count). The number of aldehydes is 1. The zero-order valence-electron chi connectivity index (χ0n) is 8.03. The van der Waals surface area contributed by atoms with Crippen LogP contribution in [0.1, 0.15) is 14.7 Å². The van der Waals surface area contributed by atoms with Crippen molar-refractivity contribution < 1.29 is 4.79 Å². The third-order valence-corrected chi connectivity index (χ3v) is 3.13. The number of halogens is 1. The summed E-state index contributed by atoms with van der Waals surface area (Å²) in [7, 11) is 0. The van der Waals surface area contributed by atoms with Crippen LogP contribution in [-0.2, 0) is 0 Å². The van der Waals surface area contributed by atoms with Gasteiger partial charge in [-0.1, -0.05) is 23.7 Å². The molecule has 0 spiro atoms. The largest absolute Gasteiger partial charge is 0.297 e. The zero-order chi connectivity index (χ0) is 10.8. The number of nitrogens with zero attached hydrogens (tertiary/aromatic N) is 1. The Balaban J connectivity index is 2.52. The van der Waals surface area contributed by atoms with Crippen LogP contribution in [0.5, 0.6) is 0 Å². The van der Waals surface area contributed by atoms with Crippen molar-refractivity contribution in [2.24, 2.45) is 0 Å². The molecule has 0 saturated carbocycles. The van der Waals surface area contributed by atoms with Crippen molar-refractivity contribution in [2.75, 3.05) is 0 Å². The van der Waals surface area contributed by atoms with E-state index in [1.807, 2.05) is 19.1 Å². The quantitative estimate of drug-likeness (QED) is 0.748. The van der Waals surface area contributed by atoms with Crippen LogP contribution in [-0.4, -0.2) is 11.3 Å². The second-order valence-electron chi connectivity index (χ2n) is 3.07. The Hall–Kier alpha value is -1.19. The molecule has 76 valence electrons. The SMILES string of the molecule is Cc1nc(-c2ccc(Cl)cc2)c(C=O)s1. The number of carbonyl (C=O) groups is 1. The minimum absolute atomic E-state index is 0.662. The summed E-state index contributed by atoms with van der Waals surface area (Å²) < 4.78 is 0. The molecule has 0 radical (unpaired) electrons. The molecular formula is C11H8ClNOS. The predicted molar refractivity (Wildman–Crippen MR) is 62.7 cm³/mol. The van der Waals surface area contributed by atoms with E-state index >= 15 is 0 Å². The molecule has 4 heteroatoms. The molecule has 1 aromatic carbocycles. The van der Waals surface area contributed by atoms with Gasteiger partial charge in [0.15, 0.2) is 6.29 Å². The number of carbonyl (C=O) groups excluding carboxylic acids is 1. The van der Waals surface area contributed by atoms with E-state index in [0.717, 1.165) is 22.6 Å². The zero-order valence-corrected chi connectivity index (χ0v) is 9.60. The van der Waals surface area contributed by atoms with E-state index in [-0.39, 0.29) is 0 Å². The number of benzene rings is 1. The summed E-state index contributed by atoms with van der Waals surface area (Å²) in [5, 5.41) is 1.57. The summed E-state index contributed by atoms with van der Waals surface area (Å²) in [6.45, 7) is 1.89. The highest BCUT2D eigenvalue weighted by Crippen LogP contribution is 2.27. The van der Waals surface area contributed by atoms with Crippen molar-refractivity contribution in [1.82, 2.24) is 4.98 Å². The maximum absolute atomic E-state index is 10.8. The number of thiazole rings is 1. The minimum atomic E-state index is 0.662. The van der Waals surface area contributed by atoms with Crippen LogP contribution in [0.4, 0.5) is 0 Å². The topological polar surface area (TPSA) is 30.0 Å². The molecule has 0 aliphatic rings. The molecule has 0 bridgehead atoms. The van der Waals surface area contributed by atoms with Crippen LogP contribution in [0.15, 0.2) is 24.3 Å². The maximum Gasteiger partial charge on any atom is 0.162 e. The maximum atomic E-state index is 10.8. The summed E-state index contributed by atoms with van der Waals surface area (Å²) in [4.78, 5) is 15.8. The Labute approximate surface area is 96.5 Å². The monoisotopic (exact) mass is 237 g/mol. The lowest BCUT2D eigenvalue weighted by Gasteiger charge is -1.97. The molecule has 0 aliphatic carbocycles. The van der Waals surface area contributed by atoms with Gasteiger partial charge >= 0.3 is 0 Å². The highest BCUT2D eigenvalue weighted by Gasteiger charge is 2.09. The molecule has 1 aromatic heterocycles. The Bertz CT molecular complexity index is 490. The van der Waals surface area contributed by atoms with Crippen molar-refractivity contribution >= 4 is 29.2 Å². The number of aryl methyl sites for hydroxylation is 1. The first kappa shape index (κ1) is 10.3. The van der Waals surface area contributed by atoms with Crippen molar-refractivity contribution in [3.8, 4) is 11.3 Å². The van der Waals surface area contributed by atoms with E-state index in [2.05, 4.69) is 4.98 Å². The fourth-order valence-electron chi connectivity index (χ4n) is 1.34. The smallest absolute Gasteiger partial charge is 0.162 e. The Kier molecular flexibility index (Phi) is 2.84. The first-order valence-corrected chi connectivity index (χ1v) is 5.58. The molecule has 0 aliphatic heterocycles. The minimum Gasteiger partial charge on any atom is -0.297 e. The van der Waals surface area contributed by atoms with Crippen LogP contribution in [0.3, 0.4) is 0 Å². The lowest BCUT2D eigenvalue weighted by atomic mass is 10.1. The van der Waals surface area contributed by atoms with Crippen LogP contribution in [0.2, 0.25) is 5.02 Å². The van der Waals surface area contributed by atoms with Crippen molar-refractivity contribution in [3.63, 3.8) is 0 Å². The fourth-order valence-corrected chi connectivity index (χ4v) is 2.23. The summed E-state index contributed by atoms with van der Waals surface area (Å²) in [5.74, 6) is 0. The summed E-state index contributed by atoms with van der Waals surface area (Å²) in [5.41, 5.74) is 1.66. The molecule has 15 heavy (non-hydrogen) atoms. The molecule has 0 fully saturated rings. The van der Waals surface area contributed by atoms with Gasteiger partial charge in [0.05, 0.1) is 15.6 Å². The van der Waals surface area contributed by atoms with E-state index in [0.29, 0.717) is 9.90 Å². The van der Waals surface area contributed by atoms with Gasteiger partial charge in [-0.05, 0) is 19.1 Å². The number of aromatic nitrogens is 1. The predicted octanol–water partition coefficient (Wildman–Crippen LogP) is 3.58. The van der Waals surface area contributed by atoms with Crippen LogP contribution >= 0.6 is 22.9 Å². The summed E-state index contributed by atoms with van der Waals surface area (Å²) in [6.07, 6.45) is 0.842. The molecule has 0 amide bonds. The Morgan fingerprint density at radius 3 is 2.60 bits per heavy atom. The van der Waals surface area contributed by atoms with E-state index in [9.17, 15) is 4.79 Å². The molecule has 2 nitrogen and oxygen atoms in total. The lowest BCUT2D eigenvalue weighted by molar-refractivity contribution is 0.112. The number of rotatable bonds is 2. The normalized spacial score (nSPS) is 10.3. The van der Waals surface area contributed by atoms with E-state index in [1.165, 1.54) is 11.3 Å². The first-order chi connectivity index (χ1) is 7.20. The first-order valence-electron chi connectivity index (χ1n) is 4.39. The summed E-state index contributed by atoms with van der Waals surface area (Å²) in [6, 6.07) is 7.31. The molecule has 1 heterocycles. The molecule has 0 saturated heterocycles. The van der Waals surface area contributed by atoms with Gasteiger partial charge in [-0.2, -0.15) is 0 Å². The molecule has 2 aromatic rings. The van der Waals surface area contributed by atoms with Crippen molar-refractivity contribution in [1.29, 1.82) is 0 Å². The standard InChI is InChI=1S/C11H8ClNOS/c1-7-13-11(10(6-14)15-7)8-2-4-9(12)5-3-8/h2-6H,1H3. The van der Waals surface area contributed by atoms with E-state index in [1.54, 1.807) is 12.1 Å². The second-order valence-corrected chi connectivity index (χ2v) is 4.74. The van der Waals surface area contributed by atoms with Gasteiger partial charge in [-0.3, -0.25) is 4.79 Å². The highest BCUT2D eigenvalue weighted by molar-refractivity contribution is 7.13. The van der Waals surface area contributed by atoms with Gasteiger partial charge in [-0.15, -0.1) is 11.3 Å². The van der Waals surface area contributed by atoms with Crippen LogP contribution in [0, 0.1) is 6.92 Å². The Morgan fingerprint density at radius 1 is 1.33 bits per heavy atom. The van der Waals surface area contributed by atoms with Gasteiger partial charge in [0.2, 0.25) is 0 Å². The lowest BCUT2D eigenvalue weighted by Crippen LogP contribution is -1.82. The molecular weight excluding hydrogens is 230 g/mol. The highest BCUT2D eigenvalue weighted by atomic mass is 35.5. The van der Waals surface area contributed by atoms with E-state index in [4.69, 9.17) is 11.6 Å². The third-order valence-electron chi connectivity index (χ3n) is 1.99. The fraction of sp³-hybridized carbons (Fsp3) is 0.0909. The van der Waals surface area contributed by atoms with Gasteiger partial charge in [-0.25, -0.2) is 4.98 Å². The third kappa shape index (κ3) is 2.08. The van der Waals surface area contributed by atoms with Gasteiger partial charge < -0.3 is 0 Å². The molecule has 0 unspecified atom stereocenters. The van der Waals surface area contributed by atoms with E-state index < -0.39 is 0 Å². The van der Waals surface area contributed by atoms with Gasteiger partial charge in [0, 0.05) is 10.6 Å². The average molecular weight is 238 g/mol. The number of hydrogen-bond donors (Lipinski definition) is 0. The average Bonchev–Trinajstić information content (AvgIpc) is 2.61. The van der Waals surface area contributed by atoms with Crippen molar-refractivity contribution in [3.05, 3.63) is 39.2 Å². The van der Waals surface area contributed by atoms with Gasteiger partial charge in [0.1, 0.15) is 0 Å².